The molecular formula is C35H43O5. The zero-order valence-electron chi connectivity index (χ0n) is 23.8. The average Bonchev–Trinajstić information content (AvgIpc) is 3.01. The summed E-state index contributed by atoms with van der Waals surface area (Å²) in [5, 5.41) is 0. The largest absolute Gasteiger partial charge is 0.368 e. The second-order valence-electron chi connectivity index (χ2n) is 10.9. The molecule has 1 radical (unpaired) electrons. The molecule has 1 heterocycles. The Kier molecular flexibility index (Phi) is 10.8. The smallest absolute Gasteiger partial charge is 0.187 e. The number of hydrogen-bond donors (Lipinski definition) is 0. The van der Waals surface area contributed by atoms with Crippen LogP contribution in [0.2, 0.25) is 0 Å². The minimum Gasteiger partial charge on any atom is -0.368 e. The number of benzene rings is 3. The summed E-state index contributed by atoms with van der Waals surface area (Å²) in [5.74, 6) is 0.484. The van der Waals surface area contributed by atoms with Gasteiger partial charge in [0.1, 0.15) is 18.3 Å². The third kappa shape index (κ3) is 7.80. The molecule has 213 valence electrons. The van der Waals surface area contributed by atoms with Gasteiger partial charge in [-0.25, -0.2) is 0 Å². The van der Waals surface area contributed by atoms with E-state index in [1.54, 1.807) is 0 Å². The van der Waals surface area contributed by atoms with Crippen LogP contribution in [0.4, 0.5) is 0 Å². The molecule has 7 atom stereocenters. The molecule has 5 rings (SSSR count). The molecule has 2 fully saturated rings. The highest BCUT2D eigenvalue weighted by atomic mass is 16.7. The lowest BCUT2D eigenvalue weighted by Gasteiger charge is -2.46. The maximum Gasteiger partial charge on any atom is 0.187 e. The van der Waals surface area contributed by atoms with Crippen LogP contribution in [0.25, 0.3) is 0 Å². The first-order valence-corrected chi connectivity index (χ1v) is 14.8. The molecule has 40 heavy (non-hydrogen) atoms. The van der Waals surface area contributed by atoms with Crippen LogP contribution in [0.1, 0.15) is 56.2 Å². The Morgan fingerprint density at radius 1 is 0.675 bits per heavy atom. The van der Waals surface area contributed by atoms with Crippen LogP contribution >= 0.6 is 0 Å². The fourth-order valence-corrected chi connectivity index (χ4v) is 5.76. The lowest BCUT2D eigenvalue weighted by atomic mass is 9.84. The van der Waals surface area contributed by atoms with Crippen LogP contribution in [0, 0.1) is 12.3 Å². The molecule has 0 bridgehead atoms. The predicted molar refractivity (Wildman–Crippen MR) is 156 cm³/mol. The van der Waals surface area contributed by atoms with Crippen molar-refractivity contribution in [3.63, 3.8) is 0 Å². The van der Waals surface area contributed by atoms with Crippen molar-refractivity contribution >= 4 is 0 Å². The SMILES string of the molecule is CC[C@H]1CCC[CH][C@H]1O[C@@H]1O[C@H](C)[C@H](OCc2ccccc2)[C@H](OCc2ccccc2)[C@H]1OCc1ccccc1. The number of hydrogen-bond acceptors (Lipinski definition) is 5. The molecular weight excluding hydrogens is 500 g/mol. The molecule has 0 unspecified atom stereocenters. The molecule has 1 saturated carbocycles. The maximum atomic E-state index is 6.76. The van der Waals surface area contributed by atoms with Crippen molar-refractivity contribution in [1.82, 2.24) is 0 Å². The van der Waals surface area contributed by atoms with Gasteiger partial charge in [-0.3, -0.25) is 0 Å². The monoisotopic (exact) mass is 543 g/mol. The fourth-order valence-electron chi connectivity index (χ4n) is 5.76. The van der Waals surface area contributed by atoms with E-state index >= 15 is 0 Å². The number of rotatable bonds is 12. The average molecular weight is 544 g/mol. The maximum absolute atomic E-state index is 6.76. The summed E-state index contributed by atoms with van der Waals surface area (Å²) in [6.07, 6.45) is 4.90. The molecule has 5 nitrogen and oxygen atoms in total. The van der Waals surface area contributed by atoms with Crippen molar-refractivity contribution in [2.75, 3.05) is 0 Å². The molecule has 1 aliphatic heterocycles. The Hall–Kier alpha value is -2.54. The molecule has 5 heteroatoms. The van der Waals surface area contributed by atoms with Gasteiger partial charge in [-0.05, 0) is 48.8 Å². The standard InChI is InChI=1S/C35H43O5/c1-3-30-21-13-14-22-31(30)40-35-34(38-25-29-19-11-6-12-20-29)33(37-24-28-17-9-5-10-18-28)32(26(2)39-35)36-23-27-15-7-4-8-16-27/h4-12,15-20,22,26,30-35H,3,13-14,21,23-25H2,1-2H3/t26-,30+,31-,32+,33+,34-,35+/m1/s1. The first-order valence-electron chi connectivity index (χ1n) is 14.8. The van der Waals surface area contributed by atoms with Crippen LogP contribution in [0.5, 0.6) is 0 Å². The molecule has 1 aliphatic carbocycles. The van der Waals surface area contributed by atoms with Gasteiger partial charge in [0.15, 0.2) is 6.29 Å². The summed E-state index contributed by atoms with van der Waals surface area (Å²) >= 11 is 0. The highest BCUT2D eigenvalue weighted by molar-refractivity contribution is 5.15. The Morgan fingerprint density at radius 3 is 1.70 bits per heavy atom. The van der Waals surface area contributed by atoms with Crippen LogP contribution in [0.3, 0.4) is 0 Å². The van der Waals surface area contributed by atoms with Crippen molar-refractivity contribution in [3.05, 3.63) is 114 Å². The summed E-state index contributed by atoms with van der Waals surface area (Å²) in [6, 6.07) is 30.7. The first-order chi connectivity index (χ1) is 19.7. The second-order valence-corrected chi connectivity index (χ2v) is 10.9. The van der Waals surface area contributed by atoms with Crippen LogP contribution < -0.4 is 0 Å². The number of ether oxygens (including phenoxy) is 5. The molecule has 0 spiro atoms. The topological polar surface area (TPSA) is 46.2 Å². The minimum absolute atomic E-state index is 0.0373. The Bertz CT molecular complexity index is 1110. The highest BCUT2D eigenvalue weighted by Gasteiger charge is 2.48. The van der Waals surface area contributed by atoms with Gasteiger partial charge in [0.05, 0.1) is 32.0 Å². The van der Waals surface area contributed by atoms with E-state index in [2.05, 4.69) is 56.7 Å². The zero-order chi connectivity index (χ0) is 27.6. The van der Waals surface area contributed by atoms with E-state index in [-0.39, 0.29) is 24.4 Å². The van der Waals surface area contributed by atoms with Crippen molar-refractivity contribution < 1.29 is 23.7 Å². The Labute approximate surface area is 239 Å². The van der Waals surface area contributed by atoms with Crippen LogP contribution in [-0.2, 0) is 43.5 Å². The lowest BCUT2D eigenvalue weighted by Crippen LogP contribution is -2.60. The molecule has 0 amide bonds. The quantitative estimate of drug-likeness (QED) is 0.240. The lowest BCUT2D eigenvalue weighted by molar-refractivity contribution is -0.330. The molecule has 0 N–H and O–H groups in total. The van der Waals surface area contributed by atoms with E-state index in [9.17, 15) is 0 Å². The van der Waals surface area contributed by atoms with E-state index in [0.717, 1.165) is 29.5 Å². The first kappa shape index (κ1) is 29.0. The van der Waals surface area contributed by atoms with Crippen LogP contribution in [-0.4, -0.2) is 36.8 Å². The van der Waals surface area contributed by atoms with E-state index in [4.69, 9.17) is 23.7 Å². The van der Waals surface area contributed by atoms with Gasteiger partial charge >= 0.3 is 0 Å². The zero-order valence-corrected chi connectivity index (χ0v) is 23.8. The van der Waals surface area contributed by atoms with Crippen molar-refractivity contribution in [1.29, 1.82) is 0 Å². The fraction of sp³-hybridized carbons (Fsp3) is 0.457. The second kappa shape index (κ2) is 14.9. The summed E-state index contributed by atoms with van der Waals surface area (Å²) < 4.78 is 33.3. The molecule has 0 aromatic heterocycles. The van der Waals surface area contributed by atoms with Gasteiger partial charge in [-0.1, -0.05) is 111 Å². The van der Waals surface area contributed by atoms with Crippen molar-refractivity contribution in [2.45, 2.75) is 96.2 Å². The van der Waals surface area contributed by atoms with Gasteiger partial charge in [-0.15, -0.1) is 0 Å². The van der Waals surface area contributed by atoms with Crippen molar-refractivity contribution in [3.8, 4) is 0 Å². The van der Waals surface area contributed by atoms with Crippen molar-refractivity contribution in [2.24, 2.45) is 5.92 Å². The summed E-state index contributed by atoms with van der Waals surface area (Å²) in [5.41, 5.74) is 3.31. The van der Waals surface area contributed by atoms with E-state index in [1.807, 2.05) is 54.6 Å². The minimum atomic E-state index is -0.565. The predicted octanol–water partition coefficient (Wildman–Crippen LogP) is 7.29. The third-order valence-corrected chi connectivity index (χ3v) is 8.04. The van der Waals surface area contributed by atoms with Gasteiger partial charge in [-0.2, -0.15) is 0 Å². The summed E-state index contributed by atoms with van der Waals surface area (Å²) in [7, 11) is 0. The van der Waals surface area contributed by atoms with Gasteiger partial charge in [0, 0.05) is 0 Å². The van der Waals surface area contributed by atoms with E-state index in [1.165, 1.54) is 12.8 Å². The normalized spacial score (nSPS) is 28.8. The summed E-state index contributed by atoms with van der Waals surface area (Å²) in [6.45, 7) is 5.66. The van der Waals surface area contributed by atoms with Crippen LogP contribution in [0.15, 0.2) is 91.0 Å². The van der Waals surface area contributed by atoms with E-state index in [0.29, 0.717) is 25.7 Å². The molecule has 2 aliphatic rings. The van der Waals surface area contributed by atoms with Gasteiger partial charge in [0.2, 0.25) is 0 Å². The van der Waals surface area contributed by atoms with Gasteiger partial charge < -0.3 is 23.7 Å². The Morgan fingerprint density at radius 2 is 1.18 bits per heavy atom. The third-order valence-electron chi connectivity index (χ3n) is 8.04. The Balaban J connectivity index is 1.40. The molecule has 3 aromatic carbocycles. The molecule has 1 saturated heterocycles. The molecule has 3 aromatic rings. The van der Waals surface area contributed by atoms with E-state index < -0.39 is 12.4 Å². The summed E-state index contributed by atoms with van der Waals surface area (Å²) in [4.78, 5) is 0. The van der Waals surface area contributed by atoms with Gasteiger partial charge in [0.25, 0.3) is 0 Å². The highest BCUT2D eigenvalue weighted by Crippen LogP contribution is 2.35.